The molecule has 6 nitrogen and oxygen atoms in total. The second-order valence-corrected chi connectivity index (χ2v) is 5.55. The summed E-state index contributed by atoms with van der Waals surface area (Å²) in [6.45, 7) is 0.816. The highest BCUT2D eigenvalue weighted by molar-refractivity contribution is 5.77. The molecule has 0 aliphatic rings. The number of benzene rings is 2. The van der Waals surface area contributed by atoms with E-state index in [1.165, 1.54) is 12.1 Å². The van der Waals surface area contributed by atoms with E-state index in [-0.39, 0.29) is 11.9 Å². The second kappa shape index (κ2) is 9.62. The summed E-state index contributed by atoms with van der Waals surface area (Å²) in [5, 5.41) is 3.02. The first kappa shape index (κ1) is 19.5. The fraction of sp³-hybridized carbons (Fsp3) is 0.316. The van der Waals surface area contributed by atoms with Gasteiger partial charge in [0.2, 0.25) is 0 Å². The third kappa shape index (κ3) is 5.35. The van der Waals surface area contributed by atoms with E-state index in [0.717, 1.165) is 11.1 Å². The van der Waals surface area contributed by atoms with Gasteiger partial charge in [-0.2, -0.15) is 0 Å². The number of hydrogen-bond donors (Lipinski definition) is 2. The van der Waals surface area contributed by atoms with E-state index >= 15 is 0 Å². The molecule has 2 aromatic carbocycles. The Kier molecular flexibility index (Phi) is 7.23. The topological polar surface area (TPSA) is 78.1 Å². The van der Waals surface area contributed by atoms with Crippen molar-refractivity contribution in [3.63, 3.8) is 0 Å². The quantitative estimate of drug-likeness (QED) is 0.558. The molecule has 0 bridgehead atoms. The minimum Gasteiger partial charge on any atom is -0.493 e. The van der Waals surface area contributed by atoms with Crippen molar-refractivity contribution in [1.82, 2.24) is 5.32 Å². The van der Waals surface area contributed by atoms with Crippen LogP contribution in [0.15, 0.2) is 47.5 Å². The minimum absolute atomic E-state index is 0.259. The molecule has 7 heteroatoms. The predicted octanol–water partition coefficient (Wildman–Crippen LogP) is 2.63. The Morgan fingerprint density at radius 1 is 1.08 bits per heavy atom. The third-order valence-corrected chi connectivity index (χ3v) is 3.87. The van der Waals surface area contributed by atoms with Crippen LogP contribution in [0.4, 0.5) is 4.39 Å². The first-order valence-electron chi connectivity index (χ1n) is 8.10. The molecule has 0 heterocycles. The summed E-state index contributed by atoms with van der Waals surface area (Å²) >= 11 is 0. The smallest absolute Gasteiger partial charge is 0.189 e. The lowest BCUT2D eigenvalue weighted by Gasteiger charge is -2.17. The highest BCUT2D eigenvalue weighted by atomic mass is 19.1. The average molecular weight is 361 g/mol. The van der Waals surface area contributed by atoms with Crippen molar-refractivity contribution in [2.75, 3.05) is 27.9 Å². The van der Waals surface area contributed by atoms with Crippen molar-refractivity contribution in [3.8, 4) is 11.5 Å². The number of nitrogens with zero attached hydrogens (tertiary/aromatic N) is 1. The van der Waals surface area contributed by atoms with Crippen molar-refractivity contribution in [2.24, 2.45) is 10.7 Å². The molecule has 0 radical (unpaired) electrons. The summed E-state index contributed by atoms with van der Waals surface area (Å²) in [5.74, 6) is 1.31. The highest BCUT2D eigenvalue weighted by Gasteiger charge is 2.11. The van der Waals surface area contributed by atoms with Crippen molar-refractivity contribution in [2.45, 2.75) is 12.6 Å². The molecule has 0 saturated carbocycles. The summed E-state index contributed by atoms with van der Waals surface area (Å²) in [4.78, 5) is 4.31. The van der Waals surface area contributed by atoms with Gasteiger partial charge < -0.3 is 25.3 Å². The molecule has 26 heavy (non-hydrogen) atoms. The van der Waals surface area contributed by atoms with Gasteiger partial charge in [0.25, 0.3) is 0 Å². The van der Waals surface area contributed by atoms with Gasteiger partial charge in [-0.25, -0.2) is 9.38 Å². The van der Waals surface area contributed by atoms with Gasteiger partial charge in [-0.3, -0.25) is 0 Å². The molecular weight excluding hydrogens is 337 g/mol. The number of nitrogens with one attached hydrogen (secondary N) is 1. The van der Waals surface area contributed by atoms with Gasteiger partial charge in [-0.1, -0.05) is 18.2 Å². The summed E-state index contributed by atoms with van der Waals surface area (Å²) in [6, 6.07) is 11.7. The number of rotatable bonds is 8. The molecule has 1 unspecified atom stereocenters. The van der Waals surface area contributed by atoms with Crippen molar-refractivity contribution in [3.05, 3.63) is 59.4 Å². The number of nitrogens with two attached hydrogens (primary N) is 1. The van der Waals surface area contributed by atoms with Crippen LogP contribution in [0.5, 0.6) is 11.5 Å². The Balaban J connectivity index is 1.94. The number of halogens is 1. The molecule has 0 spiro atoms. The van der Waals surface area contributed by atoms with Crippen LogP contribution in [0.25, 0.3) is 0 Å². The standard InChI is InChI=1S/C19H24FN3O3/c1-24-16-9-4-13(10-17(16)25-2)11-22-19(21)23-12-18(26-3)14-5-7-15(20)8-6-14/h4-10,18H,11-12H2,1-3H3,(H3,21,22,23). The molecule has 3 N–H and O–H groups in total. The van der Waals surface area contributed by atoms with E-state index in [2.05, 4.69) is 10.3 Å². The van der Waals surface area contributed by atoms with E-state index in [0.29, 0.717) is 30.5 Å². The minimum atomic E-state index is -0.285. The van der Waals surface area contributed by atoms with Gasteiger partial charge in [0.05, 0.1) is 26.9 Å². The number of ether oxygens (including phenoxy) is 3. The van der Waals surface area contributed by atoms with Gasteiger partial charge >= 0.3 is 0 Å². The van der Waals surface area contributed by atoms with Crippen LogP contribution in [-0.2, 0) is 11.3 Å². The van der Waals surface area contributed by atoms with Crippen LogP contribution in [0.1, 0.15) is 17.2 Å². The maximum absolute atomic E-state index is 13.0. The normalized spacial score (nSPS) is 12.5. The average Bonchev–Trinajstić information content (AvgIpc) is 2.67. The Morgan fingerprint density at radius 3 is 2.38 bits per heavy atom. The molecular formula is C19H24FN3O3. The maximum atomic E-state index is 13.0. The molecule has 1 atom stereocenters. The lowest BCUT2D eigenvalue weighted by molar-refractivity contribution is 0.106. The SMILES string of the molecule is COc1ccc(CN=C(N)NCC(OC)c2ccc(F)cc2)cc1OC. The summed E-state index contributed by atoms with van der Waals surface area (Å²) in [6.07, 6.45) is -0.259. The Bertz CT molecular complexity index is 735. The van der Waals surface area contributed by atoms with Crippen LogP contribution in [0.2, 0.25) is 0 Å². The van der Waals surface area contributed by atoms with Gasteiger partial charge in [0, 0.05) is 13.7 Å². The van der Waals surface area contributed by atoms with Crippen LogP contribution in [0, 0.1) is 5.82 Å². The molecule has 0 fully saturated rings. The van der Waals surface area contributed by atoms with Crippen molar-refractivity contribution < 1.29 is 18.6 Å². The number of methoxy groups -OCH3 is 3. The molecule has 2 aromatic rings. The fourth-order valence-corrected chi connectivity index (χ4v) is 2.42. The number of hydrogen-bond acceptors (Lipinski definition) is 4. The predicted molar refractivity (Wildman–Crippen MR) is 99.0 cm³/mol. The zero-order valence-electron chi connectivity index (χ0n) is 15.2. The van der Waals surface area contributed by atoms with E-state index < -0.39 is 0 Å². The van der Waals surface area contributed by atoms with Gasteiger partial charge in [0.15, 0.2) is 17.5 Å². The first-order valence-corrected chi connectivity index (χ1v) is 8.10. The van der Waals surface area contributed by atoms with Gasteiger partial charge in [-0.15, -0.1) is 0 Å². The Hall–Kier alpha value is -2.80. The largest absolute Gasteiger partial charge is 0.493 e. The summed E-state index contributed by atoms with van der Waals surface area (Å²) in [7, 11) is 4.76. The zero-order chi connectivity index (χ0) is 18.9. The van der Waals surface area contributed by atoms with E-state index in [9.17, 15) is 4.39 Å². The maximum Gasteiger partial charge on any atom is 0.189 e. The monoisotopic (exact) mass is 361 g/mol. The summed E-state index contributed by atoms with van der Waals surface area (Å²) in [5.41, 5.74) is 7.72. The van der Waals surface area contributed by atoms with E-state index in [1.54, 1.807) is 33.5 Å². The molecule has 0 aromatic heterocycles. The third-order valence-electron chi connectivity index (χ3n) is 3.87. The lowest BCUT2D eigenvalue weighted by atomic mass is 10.1. The van der Waals surface area contributed by atoms with Crippen LogP contribution in [0.3, 0.4) is 0 Å². The molecule has 140 valence electrons. The first-order chi connectivity index (χ1) is 12.6. The van der Waals surface area contributed by atoms with Gasteiger partial charge in [-0.05, 0) is 35.4 Å². The lowest BCUT2D eigenvalue weighted by Crippen LogP contribution is -2.35. The number of aliphatic imine (C=N–C) groups is 1. The highest BCUT2D eigenvalue weighted by Crippen LogP contribution is 2.27. The second-order valence-electron chi connectivity index (χ2n) is 5.55. The van der Waals surface area contributed by atoms with Gasteiger partial charge in [0.1, 0.15) is 5.82 Å². The van der Waals surface area contributed by atoms with E-state index in [1.807, 2.05) is 18.2 Å². The van der Waals surface area contributed by atoms with Crippen molar-refractivity contribution >= 4 is 5.96 Å². The fourth-order valence-electron chi connectivity index (χ4n) is 2.42. The number of guanidine groups is 1. The van der Waals surface area contributed by atoms with Crippen LogP contribution >= 0.6 is 0 Å². The molecule has 0 saturated heterocycles. The Labute approximate surface area is 152 Å². The summed E-state index contributed by atoms with van der Waals surface area (Å²) < 4.78 is 28.9. The van der Waals surface area contributed by atoms with E-state index in [4.69, 9.17) is 19.9 Å². The molecule has 0 amide bonds. The van der Waals surface area contributed by atoms with Crippen molar-refractivity contribution in [1.29, 1.82) is 0 Å². The van der Waals surface area contributed by atoms with Crippen LogP contribution < -0.4 is 20.5 Å². The van der Waals surface area contributed by atoms with Crippen LogP contribution in [-0.4, -0.2) is 33.8 Å². The Morgan fingerprint density at radius 2 is 1.77 bits per heavy atom. The molecule has 0 aliphatic heterocycles. The molecule has 0 aliphatic carbocycles. The molecule has 2 rings (SSSR count). The zero-order valence-corrected chi connectivity index (χ0v) is 15.2.